The predicted molar refractivity (Wildman–Crippen MR) is 41.0 cm³/mol. The van der Waals surface area contributed by atoms with E-state index >= 15 is 0 Å². The molecule has 0 aromatic carbocycles. The van der Waals surface area contributed by atoms with Crippen LogP contribution in [0, 0.1) is 6.92 Å². The van der Waals surface area contributed by atoms with Crippen molar-refractivity contribution < 1.29 is 18.7 Å². The molecule has 0 amide bonds. The van der Waals surface area contributed by atoms with Crippen LogP contribution >= 0.6 is 11.3 Å². The van der Waals surface area contributed by atoms with Crippen molar-refractivity contribution in [3.63, 3.8) is 0 Å². The average molecular weight is 192 g/mol. The first kappa shape index (κ1) is 9.12. The van der Waals surface area contributed by atoms with Crippen LogP contribution in [0.4, 0.5) is 8.78 Å². The smallest absolute Gasteiger partial charge is 0.336 e. The zero-order chi connectivity index (χ0) is 9.30. The normalized spacial score (nSPS) is 10.7. The van der Waals surface area contributed by atoms with Crippen molar-refractivity contribution in [2.45, 2.75) is 13.3 Å². The van der Waals surface area contributed by atoms with E-state index in [1.807, 2.05) is 0 Å². The lowest BCUT2D eigenvalue weighted by Gasteiger charge is -1.96. The van der Waals surface area contributed by atoms with Crippen LogP contribution in [0.15, 0.2) is 5.38 Å². The standard InChI is InChI=1S/C7H6F2O2S/c1-3-4(7(10)11)2-12-5(3)6(8)9/h2,6H,1H3,(H,10,11). The van der Waals surface area contributed by atoms with E-state index in [2.05, 4.69) is 0 Å². The van der Waals surface area contributed by atoms with Gasteiger partial charge >= 0.3 is 5.97 Å². The van der Waals surface area contributed by atoms with E-state index in [0.29, 0.717) is 0 Å². The second-order valence-electron chi connectivity index (χ2n) is 2.24. The predicted octanol–water partition coefficient (Wildman–Crippen LogP) is 2.69. The monoisotopic (exact) mass is 192 g/mol. The minimum atomic E-state index is -2.58. The summed E-state index contributed by atoms with van der Waals surface area (Å²) in [5.74, 6) is -1.16. The number of rotatable bonds is 2. The van der Waals surface area contributed by atoms with E-state index in [0.717, 1.165) is 11.3 Å². The van der Waals surface area contributed by atoms with Gasteiger partial charge in [-0.3, -0.25) is 0 Å². The molecule has 0 bridgehead atoms. The summed E-state index contributed by atoms with van der Waals surface area (Å²) in [6.45, 7) is 1.39. The molecule has 1 aromatic rings. The number of alkyl halides is 2. The molecule has 0 saturated carbocycles. The molecule has 0 spiro atoms. The lowest BCUT2D eigenvalue weighted by atomic mass is 10.2. The molecule has 66 valence electrons. The molecule has 5 heteroatoms. The summed E-state index contributed by atoms with van der Waals surface area (Å²) < 4.78 is 24.2. The summed E-state index contributed by atoms with van der Waals surface area (Å²) >= 11 is 0.782. The van der Waals surface area contributed by atoms with Crippen LogP contribution in [0.5, 0.6) is 0 Å². The number of carboxylic acids is 1. The number of hydrogen-bond acceptors (Lipinski definition) is 2. The van der Waals surface area contributed by atoms with Crippen molar-refractivity contribution in [2.75, 3.05) is 0 Å². The number of carbonyl (C=O) groups is 1. The Morgan fingerprint density at radius 3 is 2.50 bits per heavy atom. The van der Waals surface area contributed by atoms with E-state index in [9.17, 15) is 13.6 Å². The highest BCUT2D eigenvalue weighted by Crippen LogP contribution is 2.30. The Labute approximate surface area is 71.5 Å². The van der Waals surface area contributed by atoms with Gasteiger partial charge in [0.15, 0.2) is 0 Å². The molecule has 0 aliphatic heterocycles. The fourth-order valence-electron chi connectivity index (χ4n) is 0.858. The first-order valence-corrected chi connectivity index (χ1v) is 4.01. The number of thiophene rings is 1. The second kappa shape index (κ2) is 3.18. The van der Waals surface area contributed by atoms with Crippen molar-refractivity contribution in [3.8, 4) is 0 Å². The molecular formula is C7H6F2O2S. The van der Waals surface area contributed by atoms with Crippen molar-refractivity contribution >= 4 is 17.3 Å². The quantitative estimate of drug-likeness (QED) is 0.782. The van der Waals surface area contributed by atoms with Gasteiger partial charge in [0.05, 0.1) is 10.4 Å². The molecule has 1 heterocycles. The summed E-state index contributed by atoms with van der Waals surface area (Å²) in [5, 5.41) is 9.76. The second-order valence-corrected chi connectivity index (χ2v) is 3.16. The van der Waals surface area contributed by atoms with Gasteiger partial charge < -0.3 is 5.11 Å². The van der Waals surface area contributed by atoms with Crippen molar-refractivity contribution in [2.24, 2.45) is 0 Å². The number of halogens is 2. The third-order valence-electron chi connectivity index (χ3n) is 1.51. The van der Waals surface area contributed by atoms with Crippen LogP contribution in [0.2, 0.25) is 0 Å². The molecular weight excluding hydrogens is 186 g/mol. The SMILES string of the molecule is Cc1c(C(=O)O)csc1C(F)F. The largest absolute Gasteiger partial charge is 0.478 e. The van der Waals surface area contributed by atoms with Crippen LogP contribution in [0.3, 0.4) is 0 Å². The Morgan fingerprint density at radius 1 is 1.67 bits per heavy atom. The van der Waals surface area contributed by atoms with E-state index in [1.54, 1.807) is 0 Å². The molecule has 0 radical (unpaired) electrons. The molecule has 0 atom stereocenters. The molecule has 2 nitrogen and oxygen atoms in total. The maximum Gasteiger partial charge on any atom is 0.336 e. The van der Waals surface area contributed by atoms with Gasteiger partial charge in [-0.25, -0.2) is 13.6 Å². The van der Waals surface area contributed by atoms with Gasteiger partial charge in [0.25, 0.3) is 6.43 Å². The Hall–Kier alpha value is -0.970. The lowest BCUT2D eigenvalue weighted by molar-refractivity contribution is 0.0696. The van der Waals surface area contributed by atoms with Crippen LogP contribution in [-0.2, 0) is 0 Å². The summed E-state index contributed by atoms with van der Waals surface area (Å²) in [5.41, 5.74) is 0.137. The molecule has 0 saturated heterocycles. The zero-order valence-electron chi connectivity index (χ0n) is 6.17. The Bertz CT molecular complexity index is 306. The summed E-state index contributed by atoms with van der Waals surface area (Å²) in [7, 11) is 0. The van der Waals surface area contributed by atoms with Gasteiger partial charge in [-0.05, 0) is 12.5 Å². The van der Waals surface area contributed by atoms with E-state index in [-0.39, 0.29) is 16.0 Å². The summed E-state index contributed by atoms with van der Waals surface area (Å²) in [6, 6.07) is 0. The number of aromatic carboxylic acids is 1. The van der Waals surface area contributed by atoms with Gasteiger partial charge in [-0.1, -0.05) is 0 Å². The van der Waals surface area contributed by atoms with Crippen LogP contribution in [-0.4, -0.2) is 11.1 Å². The van der Waals surface area contributed by atoms with Crippen LogP contribution in [0.25, 0.3) is 0 Å². The van der Waals surface area contributed by atoms with Crippen molar-refractivity contribution in [3.05, 3.63) is 21.4 Å². The number of carboxylic acid groups (broad SMARTS) is 1. The van der Waals surface area contributed by atoms with Gasteiger partial charge in [0, 0.05) is 5.38 Å². The first-order chi connectivity index (χ1) is 5.54. The van der Waals surface area contributed by atoms with Crippen molar-refractivity contribution in [1.82, 2.24) is 0 Å². The Kier molecular flexibility index (Phi) is 2.42. The Morgan fingerprint density at radius 2 is 2.25 bits per heavy atom. The molecule has 0 aliphatic rings. The molecule has 0 aliphatic carbocycles. The minimum absolute atomic E-state index is 0.0321. The third-order valence-corrected chi connectivity index (χ3v) is 2.60. The molecule has 0 fully saturated rings. The fraction of sp³-hybridized carbons (Fsp3) is 0.286. The highest BCUT2D eigenvalue weighted by atomic mass is 32.1. The van der Waals surface area contributed by atoms with E-state index in [4.69, 9.17) is 5.11 Å². The molecule has 12 heavy (non-hydrogen) atoms. The molecule has 1 rings (SSSR count). The minimum Gasteiger partial charge on any atom is -0.478 e. The van der Waals surface area contributed by atoms with Gasteiger partial charge in [0.2, 0.25) is 0 Å². The lowest BCUT2D eigenvalue weighted by Crippen LogP contribution is -1.96. The number of hydrogen-bond donors (Lipinski definition) is 1. The molecule has 1 N–H and O–H groups in total. The van der Waals surface area contributed by atoms with E-state index in [1.165, 1.54) is 12.3 Å². The maximum absolute atomic E-state index is 12.1. The zero-order valence-corrected chi connectivity index (χ0v) is 6.99. The first-order valence-electron chi connectivity index (χ1n) is 3.13. The molecule has 0 unspecified atom stereocenters. The van der Waals surface area contributed by atoms with Gasteiger partial charge in [0.1, 0.15) is 0 Å². The fourth-order valence-corrected chi connectivity index (χ4v) is 1.77. The van der Waals surface area contributed by atoms with Gasteiger partial charge in [-0.15, -0.1) is 11.3 Å². The highest BCUT2D eigenvalue weighted by Gasteiger charge is 2.18. The van der Waals surface area contributed by atoms with Crippen LogP contribution < -0.4 is 0 Å². The van der Waals surface area contributed by atoms with E-state index < -0.39 is 12.4 Å². The highest BCUT2D eigenvalue weighted by molar-refractivity contribution is 7.10. The summed E-state index contributed by atoms with van der Waals surface area (Å²) in [6.07, 6.45) is -2.58. The maximum atomic E-state index is 12.1. The third kappa shape index (κ3) is 1.45. The van der Waals surface area contributed by atoms with Gasteiger partial charge in [-0.2, -0.15) is 0 Å². The van der Waals surface area contributed by atoms with Crippen LogP contribution in [0.1, 0.15) is 27.2 Å². The topological polar surface area (TPSA) is 37.3 Å². The Balaban J connectivity index is 3.13. The molecule has 1 aromatic heterocycles. The van der Waals surface area contributed by atoms with Crippen molar-refractivity contribution in [1.29, 1.82) is 0 Å². The average Bonchev–Trinajstić information content (AvgIpc) is 2.30. The summed E-state index contributed by atoms with van der Waals surface area (Å²) in [4.78, 5) is 10.3.